The highest BCUT2D eigenvalue weighted by molar-refractivity contribution is 7.99. The number of hydrogen-bond donors (Lipinski definition) is 1. The summed E-state index contributed by atoms with van der Waals surface area (Å²) >= 11 is 1.41. The van der Waals surface area contributed by atoms with Crippen LogP contribution in [-0.2, 0) is 4.79 Å². The third-order valence-electron chi connectivity index (χ3n) is 5.50. The Labute approximate surface area is 210 Å². The van der Waals surface area contributed by atoms with Crippen molar-refractivity contribution in [2.24, 2.45) is 0 Å². The Morgan fingerprint density at radius 3 is 2.81 bits per heavy atom. The van der Waals surface area contributed by atoms with Crippen molar-refractivity contribution in [2.75, 3.05) is 23.6 Å². The first-order valence-electron chi connectivity index (χ1n) is 11.0. The highest BCUT2D eigenvalue weighted by atomic mass is 32.2. The number of benzene rings is 2. The first kappa shape index (κ1) is 21.9. The van der Waals surface area contributed by atoms with E-state index in [2.05, 4.69) is 15.3 Å². The van der Waals surface area contributed by atoms with Crippen LogP contribution in [0.25, 0.3) is 0 Å². The van der Waals surface area contributed by atoms with Crippen LogP contribution in [-0.4, -0.2) is 35.1 Å². The largest absolute Gasteiger partial charge is 0.454 e. The number of nitrogens with one attached hydrogen (secondary N) is 1. The van der Waals surface area contributed by atoms with E-state index < -0.39 is 0 Å². The van der Waals surface area contributed by atoms with Crippen LogP contribution in [0.1, 0.15) is 10.4 Å². The summed E-state index contributed by atoms with van der Waals surface area (Å²) in [5.41, 5.74) is 1.59. The van der Waals surface area contributed by atoms with Gasteiger partial charge in [-0.1, -0.05) is 23.9 Å². The fourth-order valence-corrected chi connectivity index (χ4v) is 4.85. The molecule has 2 aromatic carbocycles. The standard InChI is InChI=1S/C26H18N4O5S/c31-23(14-30-19-5-3-11-27-25(19)36-22-6-2-1-4-18(22)26(30)32)29-16-7-10-24(28-13-16)35-17-8-9-20-21(12-17)34-15-33-20/h1-13H,14-15H2,(H,29,31). The van der Waals surface area contributed by atoms with Crippen LogP contribution in [0, 0.1) is 0 Å². The van der Waals surface area contributed by atoms with E-state index in [1.807, 2.05) is 12.1 Å². The van der Waals surface area contributed by atoms with E-state index in [1.165, 1.54) is 22.9 Å². The van der Waals surface area contributed by atoms with Gasteiger partial charge >= 0.3 is 0 Å². The summed E-state index contributed by atoms with van der Waals surface area (Å²) in [5, 5.41) is 3.46. The smallest absolute Gasteiger partial charge is 0.259 e. The van der Waals surface area contributed by atoms with E-state index in [1.54, 1.807) is 60.8 Å². The van der Waals surface area contributed by atoms with Gasteiger partial charge in [-0.15, -0.1) is 0 Å². The molecule has 36 heavy (non-hydrogen) atoms. The van der Waals surface area contributed by atoms with Crippen LogP contribution in [0.4, 0.5) is 11.4 Å². The molecule has 178 valence electrons. The summed E-state index contributed by atoms with van der Waals surface area (Å²) in [5.74, 6) is 1.55. The number of amides is 2. The molecule has 2 amide bonds. The molecule has 2 aromatic heterocycles. The minimum absolute atomic E-state index is 0.179. The van der Waals surface area contributed by atoms with Gasteiger partial charge in [-0.05, 0) is 42.5 Å². The lowest BCUT2D eigenvalue weighted by atomic mass is 10.2. The second kappa shape index (κ2) is 9.23. The van der Waals surface area contributed by atoms with E-state index in [0.29, 0.717) is 45.1 Å². The van der Waals surface area contributed by atoms with Crippen molar-refractivity contribution in [3.8, 4) is 23.1 Å². The lowest BCUT2D eigenvalue weighted by Gasteiger charge is -2.21. The molecule has 2 aliphatic rings. The van der Waals surface area contributed by atoms with Crippen molar-refractivity contribution in [3.63, 3.8) is 0 Å². The molecule has 10 heteroatoms. The van der Waals surface area contributed by atoms with Gasteiger partial charge in [0.05, 0.1) is 23.1 Å². The second-order valence-electron chi connectivity index (χ2n) is 7.87. The average molecular weight is 499 g/mol. The summed E-state index contributed by atoms with van der Waals surface area (Å²) in [6.45, 7) is 0.00374. The maximum absolute atomic E-state index is 13.3. The van der Waals surface area contributed by atoms with Crippen molar-refractivity contribution in [1.82, 2.24) is 9.97 Å². The van der Waals surface area contributed by atoms with Crippen molar-refractivity contribution in [2.45, 2.75) is 9.92 Å². The maximum Gasteiger partial charge on any atom is 0.259 e. The minimum Gasteiger partial charge on any atom is -0.454 e. The number of hydrogen-bond acceptors (Lipinski definition) is 8. The number of rotatable bonds is 5. The Balaban J connectivity index is 1.16. The highest BCUT2D eigenvalue weighted by Gasteiger charge is 2.29. The van der Waals surface area contributed by atoms with Gasteiger partial charge in [0.15, 0.2) is 11.5 Å². The van der Waals surface area contributed by atoms with Crippen molar-refractivity contribution >= 4 is 35.0 Å². The molecule has 0 saturated heterocycles. The molecule has 2 aliphatic heterocycles. The Kier molecular flexibility index (Phi) is 5.62. The fourth-order valence-electron chi connectivity index (χ4n) is 3.83. The lowest BCUT2D eigenvalue weighted by molar-refractivity contribution is -0.114. The van der Waals surface area contributed by atoms with Gasteiger partial charge in [-0.3, -0.25) is 14.5 Å². The molecule has 4 heterocycles. The van der Waals surface area contributed by atoms with Crippen molar-refractivity contribution < 1.29 is 23.8 Å². The summed E-state index contributed by atoms with van der Waals surface area (Å²) in [7, 11) is 0. The Morgan fingerprint density at radius 2 is 1.92 bits per heavy atom. The topological polar surface area (TPSA) is 103 Å². The number of aromatic nitrogens is 2. The number of carbonyl (C=O) groups excluding carboxylic acids is 2. The van der Waals surface area contributed by atoms with E-state index in [0.717, 1.165) is 4.90 Å². The molecule has 0 spiro atoms. The summed E-state index contributed by atoms with van der Waals surface area (Å²) < 4.78 is 16.4. The molecule has 9 nitrogen and oxygen atoms in total. The zero-order valence-corrected chi connectivity index (χ0v) is 19.5. The first-order valence-corrected chi connectivity index (χ1v) is 11.8. The molecule has 6 rings (SSSR count). The molecule has 0 bridgehead atoms. The molecule has 0 radical (unpaired) electrons. The van der Waals surface area contributed by atoms with E-state index in [4.69, 9.17) is 14.2 Å². The summed E-state index contributed by atoms with van der Waals surface area (Å²) in [6.07, 6.45) is 3.16. The predicted octanol–water partition coefficient (Wildman–Crippen LogP) is 4.75. The monoisotopic (exact) mass is 498 g/mol. The van der Waals surface area contributed by atoms with Crippen LogP contribution < -0.4 is 24.4 Å². The van der Waals surface area contributed by atoms with Crippen LogP contribution in [0.2, 0.25) is 0 Å². The van der Waals surface area contributed by atoms with Crippen LogP contribution in [0.15, 0.2) is 89.0 Å². The third-order valence-corrected chi connectivity index (χ3v) is 6.58. The predicted molar refractivity (Wildman–Crippen MR) is 132 cm³/mol. The molecular formula is C26H18N4O5S. The number of ether oxygens (including phenoxy) is 3. The van der Waals surface area contributed by atoms with Gasteiger partial charge in [0.2, 0.25) is 18.6 Å². The number of pyridine rings is 2. The van der Waals surface area contributed by atoms with Gasteiger partial charge in [0, 0.05) is 23.2 Å². The van der Waals surface area contributed by atoms with E-state index >= 15 is 0 Å². The Hall–Kier alpha value is -4.57. The molecule has 0 atom stereocenters. The third kappa shape index (κ3) is 4.29. The maximum atomic E-state index is 13.3. The number of anilines is 2. The van der Waals surface area contributed by atoms with Gasteiger partial charge < -0.3 is 19.5 Å². The number of fused-ring (bicyclic) bond motifs is 3. The molecule has 0 fully saturated rings. The normalized spacial score (nSPS) is 13.4. The molecular weight excluding hydrogens is 480 g/mol. The lowest BCUT2D eigenvalue weighted by Crippen LogP contribution is -2.38. The fraction of sp³-hybridized carbons (Fsp3) is 0.0769. The van der Waals surface area contributed by atoms with E-state index in [9.17, 15) is 9.59 Å². The second-order valence-corrected chi connectivity index (χ2v) is 8.90. The molecule has 4 aromatic rings. The quantitative estimate of drug-likeness (QED) is 0.421. The number of carbonyl (C=O) groups is 2. The zero-order valence-electron chi connectivity index (χ0n) is 18.7. The average Bonchev–Trinajstić information content (AvgIpc) is 3.33. The summed E-state index contributed by atoms with van der Waals surface area (Å²) in [4.78, 5) is 37.2. The van der Waals surface area contributed by atoms with Gasteiger partial charge in [0.1, 0.15) is 17.3 Å². The number of nitrogens with zero attached hydrogens (tertiary/aromatic N) is 3. The molecule has 0 aliphatic carbocycles. The van der Waals surface area contributed by atoms with Crippen LogP contribution in [0.5, 0.6) is 23.1 Å². The van der Waals surface area contributed by atoms with Gasteiger partial charge in [0.25, 0.3) is 5.91 Å². The Bertz CT molecular complexity index is 1480. The zero-order chi connectivity index (χ0) is 24.5. The first-order chi connectivity index (χ1) is 17.6. The SMILES string of the molecule is O=C(CN1C(=O)c2ccccc2Sc2ncccc21)Nc1ccc(Oc2ccc3c(c2)OCO3)nc1. The molecule has 1 N–H and O–H groups in total. The molecule has 0 saturated carbocycles. The van der Waals surface area contributed by atoms with Crippen molar-refractivity contribution in [1.29, 1.82) is 0 Å². The van der Waals surface area contributed by atoms with Crippen molar-refractivity contribution in [3.05, 3.63) is 84.7 Å². The summed E-state index contributed by atoms with van der Waals surface area (Å²) in [6, 6.07) is 19.4. The van der Waals surface area contributed by atoms with Gasteiger partial charge in [-0.25, -0.2) is 9.97 Å². The molecule has 0 unspecified atom stereocenters. The Morgan fingerprint density at radius 1 is 1.03 bits per heavy atom. The highest BCUT2D eigenvalue weighted by Crippen LogP contribution is 2.40. The van der Waals surface area contributed by atoms with E-state index in [-0.39, 0.29) is 25.2 Å². The minimum atomic E-state index is -0.367. The van der Waals surface area contributed by atoms with Crippen LogP contribution >= 0.6 is 11.8 Å². The van der Waals surface area contributed by atoms with Crippen LogP contribution in [0.3, 0.4) is 0 Å². The van der Waals surface area contributed by atoms with Gasteiger partial charge in [-0.2, -0.15) is 0 Å².